The molecule has 1 atom stereocenters. The predicted octanol–water partition coefficient (Wildman–Crippen LogP) is 4.38. The Balaban J connectivity index is 2.42. The molecule has 0 bridgehead atoms. The summed E-state index contributed by atoms with van der Waals surface area (Å²) >= 11 is 7.71. The molecule has 0 aliphatic heterocycles. The van der Waals surface area contributed by atoms with Crippen molar-refractivity contribution in [1.29, 1.82) is 0 Å². The molecular weight excluding hydrogens is 250 g/mol. The summed E-state index contributed by atoms with van der Waals surface area (Å²) in [7, 11) is 2.01. The average molecular weight is 270 g/mol. The van der Waals surface area contributed by atoms with Crippen molar-refractivity contribution < 1.29 is 0 Å². The Morgan fingerprint density at radius 3 is 2.59 bits per heavy atom. The molecule has 0 amide bonds. The molecule has 1 aromatic rings. The van der Waals surface area contributed by atoms with Crippen LogP contribution in [0.1, 0.15) is 19.8 Å². The Hall–Kier alpha value is -0.440. The normalized spacial score (nSPS) is 12.4. The molecular formula is C14H20ClNS. The summed E-state index contributed by atoms with van der Waals surface area (Å²) < 4.78 is 0. The van der Waals surface area contributed by atoms with E-state index in [0.717, 1.165) is 23.6 Å². The van der Waals surface area contributed by atoms with Gasteiger partial charge in [0.05, 0.1) is 0 Å². The number of halogens is 1. The fourth-order valence-electron chi connectivity index (χ4n) is 1.46. The summed E-state index contributed by atoms with van der Waals surface area (Å²) in [5.41, 5.74) is 1.31. The molecule has 1 nitrogen and oxygen atoms in total. The molecule has 1 N–H and O–H groups in total. The van der Waals surface area contributed by atoms with E-state index in [1.807, 2.05) is 30.9 Å². The molecule has 17 heavy (non-hydrogen) atoms. The van der Waals surface area contributed by atoms with Crippen molar-refractivity contribution in [1.82, 2.24) is 5.32 Å². The Morgan fingerprint density at radius 2 is 2.06 bits per heavy atom. The Labute approximate surface area is 114 Å². The van der Waals surface area contributed by atoms with Gasteiger partial charge >= 0.3 is 0 Å². The molecule has 1 unspecified atom stereocenters. The van der Waals surface area contributed by atoms with E-state index in [2.05, 4.69) is 31.0 Å². The van der Waals surface area contributed by atoms with E-state index in [1.54, 1.807) is 0 Å². The van der Waals surface area contributed by atoms with Crippen LogP contribution in [0.5, 0.6) is 0 Å². The third kappa shape index (κ3) is 5.62. The van der Waals surface area contributed by atoms with E-state index in [4.69, 9.17) is 11.6 Å². The Bertz CT molecular complexity index is 348. The highest BCUT2D eigenvalue weighted by molar-refractivity contribution is 7.99. The van der Waals surface area contributed by atoms with Crippen molar-refractivity contribution in [2.75, 3.05) is 12.8 Å². The number of rotatable bonds is 7. The quantitative estimate of drug-likeness (QED) is 0.582. The molecule has 3 heteroatoms. The molecule has 0 saturated heterocycles. The van der Waals surface area contributed by atoms with E-state index >= 15 is 0 Å². The van der Waals surface area contributed by atoms with Crippen LogP contribution in [-0.2, 0) is 0 Å². The summed E-state index contributed by atoms with van der Waals surface area (Å²) in [6, 6.07) is 8.48. The third-order valence-electron chi connectivity index (χ3n) is 2.71. The van der Waals surface area contributed by atoms with Crippen molar-refractivity contribution in [3.63, 3.8) is 0 Å². The van der Waals surface area contributed by atoms with Gasteiger partial charge in [-0.05, 0) is 44.2 Å². The molecule has 0 fully saturated rings. The Morgan fingerprint density at radius 1 is 1.41 bits per heavy atom. The van der Waals surface area contributed by atoms with Gasteiger partial charge in [-0.1, -0.05) is 30.7 Å². The molecule has 0 saturated carbocycles. The number of hydrogen-bond donors (Lipinski definition) is 1. The van der Waals surface area contributed by atoms with Crippen LogP contribution < -0.4 is 5.32 Å². The molecule has 0 radical (unpaired) electrons. The minimum Gasteiger partial charge on any atom is -0.316 e. The lowest BCUT2D eigenvalue weighted by molar-refractivity contribution is 0.607. The van der Waals surface area contributed by atoms with E-state index in [0.29, 0.717) is 6.04 Å². The maximum Gasteiger partial charge on any atom is 0.0406 e. The standard InChI is InChI=1S/C14H20ClNS/c1-4-11(2)9-13(16-3)10-17-14-7-5-12(15)6-8-14/h5-8,13,16H,2,4,9-10H2,1,3H3. The van der Waals surface area contributed by atoms with Crippen LogP contribution in [0, 0.1) is 0 Å². The molecule has 0 aromatic heterocycles. The molecule has 94 valence electrons. The van der Waals surface area contributed by atoms with Gasteiger partial charge in [0, 0.05) is 21.7 Å². The molecule has 1 rings (SSSR count). The highest BCUT2D eigenvalue weighted by Crippen LogP contribution is 2.22. The lowest BCUT2D eigenvalue weighted by atomic mass is 10.1. The zero-order chi connectivity index (χ0) is 12.7. The summed E-state index contributed by atoms with van der Waals surface area (Å²) in [6.07, 6.45) is 2.11. The van der Waals surface area contributed by atoms with Crippen LogP contribution in [0.25, 0.3) is 0 Å². The van der Waals surface area contributed by atoms with Gasteiger partial charge in [-0.25, -0.2) is 0 Å². The fraction of sp³-hybridized carbons (Fsp3) is 0.429. The largest absolute Gasteiger partial charge is 0.316 e. The smallest absolute Gasteiger partial charge is 0.0406 e. The lowest BCUT2D eigenvalue weighted by Gasteiger charge is -2.16. The van der Waals surface area contributed by atoms with Crippen LogP contribution in [0.2, 0.25) is 5.02 Å². The van der Waals surface area contributed by atoms with Crippen LogP contribution in [0.3, 0.4) is 0 Å². The number of thioether (sulfide) groups is 1. The van der Waals surface area contributed by atoms with Gasteiger partial charge in [0.2, 0.25) is 0 Å². The first-order valence-electron chi connectivity index (χ1n) is 5.88. The zero-order valence-electron chi connectivity index (χ0n) is 10.5. The van der Waals surface area contributed by atoms with Crippen LogP contribution >= 0.6 is 23.4 Å². The molecule has 0 aliphatic rings. The van der Waals surface area contributed by atoms with E-state index in [9.17, 15) is 0 Å². The predicted molar refractivity (Wildman–Crippen MR) is 79.1 cm³/mol. The van der Waals surface area contributed by atoms with Gasteiger partial charge in [-0.2, -0.15) is 0 Å². The van der Waals surface area contributed by atoms with Gasteiger partial charge in [0.1, 0.15) is 0 Å². The van der Waals surface area contributed by atoms with Gasteiger partial charge < -0.3 is 5.32 Å². The maximum atomic E-state index is 5.86. The van der Waals surface area contributed by atoms with Crippen LogP contribution in [-0.4, -0.2) is 18.8 Å². The van der Waals surface area contributed by atoms with Crippen molar-refractivity contribution in [3.8, 4) is 0 Å². The second-order valence-electron chi connectivity index (χ2n) is 4.06. The number of hydrogen-bond acceptors (Lipinski definition) is 2. The van der Waals surface area contributed by atoms with Gasteiger partial charge in [-0.15, -0.1) is 11.8 Å². The van der Waals surface area contributed by atoms with Crippen molar-refractivity contribution in [3.05, 3.63) is 41.4 Å². The van der Waals surface area contributed by atoms with Gasteiger partial charge in [0.25, 0.3) is 0 Å². The second kappa shape index (κ2) is 7.80. The molecule has 0 spiro atoms. The summed E-state index contributed by atoms with van der Waals surface area (Å²) in [6.45, 7) is 6.21. The monoisotopic (exact) mass is 269 g/mol. The second-order valence-corrected chi connectivity index (χ2v) is 5.59. The molecule has 1 aromatic carbocycles. The summed E-state index contributed by atoms with van der Waals surface area (Å²) in [5.74, 6) is 1.05. The SMILES string of the molecule is C=C(CC)CC(CSc1ccc(Cl)cc1)NC. The first-order chi connectivity index (χ1) is 8.15. The summed E-state index contributed by atoms with van der Waals surface area (Å²) in [4.78, 5) is 1.26. The number of nitrogens with one attached hydrogen (secondary N) is 1. The van der Waals surface area contributed by atoms with Crippen molar-refractivity contribution in [2.45, 2.75) is 30.7 Å². The fourth-order valence-corrected chi connectivity index (χ4v) is 2.60. The minimum absolute atomic E-state index is 0.489. The van der Waals surface area contributed by atoms with E-state index < -0.39 is 0 Å². The van der Waals surface area contributed by atoms with Gasteiger partial charge in [-0.3, -0.25) is 0 Å². The van der Waals surface area contributed by atoms with Crippen molar-refractivity contribution in [2.24, 2.45) is 0 Å². The van der Waals surface area contributed by atoms with E-state index in [1.165, 1.54) is 10.5 Å². The van der Waals surface area contributed by atoms with E-state index in [-0.39, 0.29) is 0 Å². The molecule has 0 heterocycles. The molecule has 0 aliphatic carbocycles. The Kier molecular flexibility index (Phi) is 6.71. The summed E-state index contributed by atoms with van der Waals surface area (Å²) in [5, 5.41) is 4.13. The van der Waals surface area contributed by atoms with Crippen LogP contribution in [0.15, 0.2) is 41.3 Å². The average Bonchev–Trinajstić information content (AvgIpc) is 2.36. The first kappa shape index (κ1) is 14.6. The zero-order valence-corrected chi connectivity index (χ0v) is 12.1. The van der Waals surface area contributed by atoms with Crippen LogP contribution in [0.4, 0.5) is 0 Å². The highest BCUT2D eigenvalue weighted by Gasteiger charge is 2.07. The first-order valence-corrected chi connectivity index (χ1v) is 7.24. The number of benzene rings is 1. The maximum absolute atomic E-state index is 5.86. The third-order valence-corrected chi connectivity index (χ3v) is 4.13. The van der Waals surface area contributed by atoms with Crippen molar-refractivity contribution >= 4 is 23.4 Å². The lowest BCUT2D eigenvalue weighted by Crippen LogP contribution is -2.28. The topological polar surface area (TPSA) is 12.0 Å². The minimum atomic E-state index is 0.489. The highest BCUT2D eigenvalue weighted by atomic mass is 35.5. The van der Waals surface area contributed by atoms with Gasteiger partial charge in [0.15, 0.2) is 0 Å².